The molecule has 0 N–H and O–H groups in total. The van der Waals surface area contributed by atoms with Gasteiger partial charge in [-0.2, -0.15) is 0 Å². The highest BCUT2D eigenvalue weighted by Crippen LogP contribution is 2.21. The van der Waals surface area contributed by atoms with E-state index in [9.17, 15) is 4.79 Å². The first-order chi connectivity index (χ1) is 17.6. The van der Waals surface area contributed by atoms with Crippen LogP contribution in [0.15, 0.2) is 0 Å². The van der Waals surface area contributed by atoms with Crippen molar-refractivity contribution in [1.29, 1.82) is 0 Å². The Hall–Kier alpha value is -0.530. The topological polar surface area (TPSA) is 26.3 Å². The predicted octanol–water partition coefficient (Wildman–Crippen LogP) is 12.0. The number of hydrogen-bond donors (Lipinski definition) is 0. The van der Waals surface area contributed by atoms with Crippen LogP contribution in [0, 0.1) is 11.8 Å². The number of carbonyl (C=O) groups is 1. The minimum atomic E-state index is 0.0972. The lowest BCUT2D eigenvalue weighted by Crippen LogP contribution is -2.18. The standard InChI is InChI=1S/C34H68O2/c1-5-7-9-11-22-26-30-33(29-25-10-8-6-2)34(35)36-31-27-23-20-18-16-14-12-13-15-17-19-21-24-28-32(3)4/h32-33H,5-31H2,1-4H3/t33-/m0/s1. The van der Waals surface area contributed by atoms with Crippen molar-refractivity contribution in [2.45, 2.75) is 195 Å². The van der Waals surface area contributed by atoms with Crippen LogP contribution in [-0.2, 0) is 9.53 Å². The molecule has 2 nitrogen and oxygen atoms in total. The average Bonchev–Trinajstić information content (AvgIpc) is 2.86. The van der Waals surface area contributed by atoms with Crippen LogP contribution in [0.25, 0.3) is 0 Å². The molecule has 0 heterocycles. The third-order valence-electron chi connectivity index (χ3n) is 7.82. The van der Waals surface area contributed by atoms with Gasteiger partial charge in [-0.1, -0.05) is 175 Å². The largest absolute Gasteiger partial charge is 0.465 e. The second-order valence-electron chi connectivity index (χ2n) is 12.0. The van der Waals surface area contributed by atoms with Crippen molar-refractivity contribution in [3.05, 3.63) is 0 Å². The minimum Gasteiger partial charge on any atom is -0.465 e. The zero-order valence-electron chi connectivity index (χ0n) is 25.6. The molecule has 0 aromatic carbocycles. The Bertz CT molecular complexity index is 431. The lowest BCUT2D eigenvalue weighted by atomic mass is 9.94. The Morgan fingerprint density at radius 3 is 1.22 bits per heavy atom. The van der Waals surface area contributed by atoms with Gasteiger partial charge in [0.15, 0.2) is 0 Å². The molecule has 0 aliphatic rings. The maximum atomic E-state index is 12.7. The van der Waals surface area contributed by atoms with Crippen molar-refractivity contribution in [2.24, 2.45) is 11.8 Å². The summed E-state index contributed by atoms with van der Waals surface area (Å²) in [6.07, 6.45) is 34.0. The molecule has 36 heavy (non-hydrogen) atoms. The fourth-order valence-corrected chi connectivity index (χ4v) is 5.26. The van der Waals surface area contributed by atoms with E-state index in [0.29, 0.717) is 6.61 Å². The molecule has 0 radical (unpaired) electrons. The van der Waals surface area contributed by atoms with E-state index in [2.05, 4.69) is 27.7 Å². The van der Waals surface area contributed by atoms with Gasteiger partial charge < -0.3 is 4.74 Å². The molecule has 0 spiro atoms. The van der Waals surface area contributed by atoms with Crippen LogP contribution >= 0.6 is 0 Å². The molecule has 216 valence electrons. The van der Waals surface area contributed by atoms with Gasteiger partial charge in [0, 0.05) is 0 Å². The van der Waals surface area contributed by atoms with Crippen LogP contribution in [0.5, 0.6) is 0 Å². The van der Waals surface area contributed by atoms with Gasteiger partial charge in [-0.15, -0.1) is 0 Å². The summed E-state index contributed by atoms with van der Waals surface area (Å²) in [6, 6.07) is 0. The Morgan fingerprint density at radius 2 is 0.806 bits per heavy atom. The first-order valence-electron chi connectivity index (χ1n) is 16.8. The zero-order chi connectivity index (χ0) is 26.5. The second-order valence-corrected chi connectivity index (χ2v) is 12.0. The molecule has 0 bridgehead atoms. The highest BCUT2D eigenvalue weighted by atomic mass is 16.5. The Balaban J connectivity index is 3.67. The molecule has 0 aromatic heterocycles. The fourth-order valence-electron chi connectivity index (χ4n) is 5.26. The van der Waals surface area contributed by atoms with Gasteiger partial charge in [0.2, 0.25) is 0 Å². The van der Waals surface area contributed by atoms with Crippen molar-refractivity contribution in [3.63, 3.8) is 0 Å². The number of esters is 1. The van der Waals surface area contributed by atoms with Crippen molar-refractivity contribution in [2.75, 3.05) is 6.61 Å². The average molecular weight is 509 g/mol. The van der Waals surface area contributed by atoms with Gasteiger partial charge in [-0.25, -0.2) is 0 Å². The number of rotatable bonds is 29. The van der Waals surface area contributed by atoms with Crippen molar-refractivity contribution < 1.29 is 9.53 Å². The Kier molecular flexibility index (Phi) is 28.6. The molecule has 0 saturated heterocycles. The number of ether oxygens (including phenoxy) is 1. The van der Waals surface area contributed by atoms with Crippen LogP contribution in [0.4, 0.5) is 0 Å². The van der Waals surface area contributed by atoms with E-state index < -0.39 is 0 Å². The highest BCUT2D eigenvalue weighted by Gasteiger charge is 2.19. The molecule has 0 aliphatic carbocycles. The van der Waals surface area contributed by atoms with Crippen LogP contribution in [0.1, 0.15) is 195 Å². The lowest BCUT2D eigenvalue weighted by molar-refractivity contribution is -0.149. The number of hydrogen-bond acceptors (Lipinski definition) is 2. The van der Waals surface area contributed by atoms with Crippen molar-refractivity contribution in [1.82, 2.24) is 0 Å². The van der Waals surface area contributed by atoms with E-state index in [0.717, 1.165) is 25.2 Å². The molecule has 1 atom stereocenters. The number of carbonyl (C=O) groups excluding carboxylic acids is 1. The summed E-state index contributed by atoms with van der Waals surface area (Å²) in [7, 11) is 0. The van der Waals surface area contributed by atoms with Gasteiger partial charge in [0.25, 0.3) is 0 Å². The summed E-state index contributed by atoms with van der Waals surface area (Å²) in [4.78, 5) is 12.7. The molecule has 0 saturated carbocycles. The maximum Gasteiger partial charge on any atom is 0.308 e. The van der Waals surface area contributed by atoms with Crippen LogP contribution < -0.4 is 0 Å². The van der Waals surface area contributed by atoms with E-state index in [1.54, 1.807) is 0 Å². The SMILES string of the molecule is CCCCCCCC[C@H](CCCCCC)C(=O)OCCCCCCCCCCCCCCCC(C)C. The summed E-state index contributed by atoms with van der Waals surface area (Å²) < 4.78 is 5.74. The third-order valence-corrected chi connectivity index (χ3v) is 7.82. The summed E-state index contributed by atoms with van der Waals surface area (Å²) >= 11 is 0. The smallest absolute Gasteiger partial charge is 0.308 e. The molecule has 0 unspecified atom stereocenters. The molecule has 0 rings (SSSR count). The van der Waals surface area contributed by atoms with E-state index in [4.69, 9.17) is 4.74 Å². The predicted molar refractivity (Wildman–Crippen MR) is 161 cm³/mol. The first kappa shape index (κ1) is 35.5. The Labute approximate surface area is 228 Å². The molecule has 0 fully saturated rings. The molecule has 0 amide bonds. The van der Waals surface area contributed by atoms with Crippen molar-refractivity contribution in [3.8, 4) is 0 Å². The van der Waals surface area contributed by atoms with Crippen LogP contribution in [-0.4, -0.2) is 12.6 Å². The van der Waals surface area contributed by atoms with Crippen LogP contribution in [0.3, 0.4) is 0 Å². The third kappa shape index (κ3) is 26.5. The summed E-state index contributed by atoms with van der Waals surface area (Å²) in [5, 5.41) is 0. The number of unbranched alkanes of at least 4 members (excludes halogenated alkanes) is 20. The van der Waals surface area contributed by atoms with Gasteiger partial charge in [0.05, 0.1) is 12.5 Å². The molecular formula is C34H68O2. The van der Waals surface area contributed by atoms with Gasteiger partial charge >= 0.3 is 5.97 Å². The lowest BCUT2D eigenvalue weighted by Gasteiger charge is -2.16. The van der Waals surface area contributed by atoms with Gasteiger partial charge in [0.1, 0.15) is 0 Å². The monoisotopic (exact) mass is 509 g/mol. The van der Waals surface area contributed by atoms with E-state index in [1.807, 2.05) is 0 Å². The molecule has 0 aliphatic heterocycles. The summed E-state index contributed by atoms with van der Waals surface area (Å²) in [5.74, 6) is 1.12. The van der Waals surface area contributed by atoms with Crippen LogP contribution in [0.2, 0.25) is 0 Å². The Morgan fingerprint density at radius 1 is 0.472 bits per heavy atom. The van der Waals surface area contributed by atoms with Gasteiger partial charge in [-0.3, -0.25) is 4.79 Å². The highest BCUT2D eigenvalue weighted by molar-refractivity contribution is 5.72. The molecular weight excluding hydrogens is 440 g/mol. The van der Waals surface area contributed by atoms with Gasteiger partial charge in [-0.05, 0) is 25.2 Å². The summed E-state index contributed by atoms with van der Waals surface area (Å²) in [5.41, 5.74) is 0. The molecule has 0 aromatic rings. The quantitative estimate of drug-likeness (QED) is 0.0741. The van der Waals surface area contributed by atoms with E-state index >= 15 is 0 Å². The van der Waals surface area contributed by atoms with E-state index in [1.165, 1.54) is 148 Å². The molecule has 2 heteroatoms. The van der Waals surface area contributed by atoms with E-state index in [-0.39, 0.29) is 11.9 Å². The minimum absolute atomic E-state index is 0.0972. The van der Waals surface area contributed by atoms with Crippen molar-refractivity contribution >= 4 is 5.97 Å². The fraction of sp³-hybridized carbons (Fsp3) is 0.971. The zero-order valence-corrected chi connectivity index (χ0v) is 25.6. The first-order valence-corrected chi connectivity index (χ1v) is 16.8. The normalized spacial score (nSPS) is 12.4. The summed E-state index contributed by atoms with van der Waals surface area (Å²) in [6.45, 7) is 9.82. The second kappa shape index (κ2) is 29.0. The maximum absolute atomic E-state index is 12.7.